The third-order valence-corrected chi connectivity index (χ3v) is 11.3. The monoisotopic (exact) mass is 796 g/mol. The van der Waals surface area contributed by atoms with E-state index < -0.39 is 12.1 Å². The molecule has 2 atom stereocenters. The molecule has 0 bridgehead atoms. The summed E-state index contributed by atoms with van der Waals surface area (Å²) >= 11 is 0. The van der Waals surface area contributed by atoms with Gasteiger partial charge in [0, 0.05) is 6.42 Å². The minimum atomic E-state index is -0.846. The lowest BCUT2D eigenvalue weighted by Gasteiger charge is -2.20. The van der Waals surface area contributed by atoms with Gasteiger partial charge in [-0.05, 0) is 57.8 Å². The molecular weight excluding hydrogens is 699 g/mol. The maximum atomic E-state index is 12.4. The Morgan fingerprint density at radius 2 is 0.772 bits per heavy atom. The summed E-state index contributed by atoms with van der Waals surface area (Å²) in [7, 11) is 0. The van der Waals surface area contributed by atoms with Crippen LogP contribution in [0.2, 0.25) is 0 Å². The van der Waals surface area contributed by atoms with E-state index in [4.69, 9.17) is 0 Å². The van der Waals surface area contributed by atoms with Crippen LogP contribution >= 0.6 is 0 Å². The predicted molar refractivity (Wildman–Crippen MR) is 253 cm³/mol. The molecule has 0 aliphatic carbocycles. The van der Waals surface area contributed by atoms with Gasteiger partial charge >= 0.3 is 0 Å². The number of carbonyl (C=O) groups excluding carboxylic acids is 1. The summed E-state index contributed by atoms with van der Waals surface area (Å²) in [5.41, 5.74) is 0. The van der Waals surface area contributed by atoms with Crippen LogP contribution in [0.4, 0.5) is 0 Å². The van der Waals surface area contributed by atoms with Crippen molar-refractivity contribution in [2.45, 2.75) is 264 Å². The lowest BCUT2D eigenvalue weighted by molar-refractivity contribution is -0.123. The fourth-order valence-corrected chi connectivity index (χ4v) is 7.46. The van der Waals surface area contributed by atoms with Gasteiger partial charge in [-0.1, -0.05) is 248 Å². The minimum absolute atomic E-state index is 0.0723. The zero-order valence-corrected chi connectivity index (χ0v) is 38.1. The highest BCUT2D eigenvalue weighted by Crippen LogP contribution is 2.16. The molecule has 57 heavy (non-hydrogen) atoms. The molecule has 0 aromatic carbocycles. The SMILES string of the molecule is CC/C=C\C/C=C\C/C=C\C/C=C\CCCCCCCCCCC(=O)NC(CO)C(O)/C=C/CCCCCCCCCCCCCCCCCCCCCCCC. The van der Waals surface area contributed by atoms with Crippen molar-refractivity contribution in [2.75, 3.05) is 6.61 Å². The van der Waals surface area contributed by atoms with E-state index in [0.29, 0.717) is 6.42 Å². The van der Waals surface area contributed by atoms with Crippen molar-refractivity contribution >= 4 is 5.91 Å². The lowest BCUT2D eigenvalue weighted by Crippen LogP contribution is -2.45. The fraction of sp³-hybridized carbons (Fsp3) is 0.792. The standard InChI is InChI=1S/C53H97NO3/c1-3-5-7-9-11-13-15-17-19-21-23-25-26-27-29-30-32-34-36-38-40-42-44-46-48-52(56)51(50-55)54-53(57)49-47-45-43-41-39-37-35-33-31-28-24-22-20-18-16-14-12-10-8-6-4-2/h6,8,12,14,18,20,24,28,46,48,51-52,55-56H,3-5,7,9-11,13,15-17,19,21-23,25-27,29-45,47,49-50H2,1-2H3,(H,54,57)/b8-6-,14-12-,20-18-,28-24-,48-46+. The zero-order valence-electron chi connectivity index (χ0n) is 38.1. The molecule has 0 aromatic heterocycles. The molecule has 332 valence electrons. The van der Waals surface area contributed by atoms with Crippen LogP contribution in [0.15, 0.2) is 60.8 Å². The topological polar surface area (TPSA) is 69.6 Å². The van der Waals surface area contributed by atoms with Gasteiger partial charge in [-0.15, -0.1) is 0 Å². The molecule has 0 spiro atoms. The number of amides is 1. The van der Waals surface area contributed by atoms with E-state index >= 15 is 0 Å². The zero-order chi connectivity index (χ0) is 41.4. The first-order chi connectivity index (χ1) is 28.2. The number of aliphatic hydroxyl groups is 2. The van der Waals surface area contributed by atoms with Gasteiger partial charge < -0.3 is 15.5 Å². The highest BCUT2D eigenvalue weighted by atomic mass is 16.3. The highest BCUT2D eigenvalue weighted by Gasteiger charge is 2.18. The number of allylic oxidation sites excluding steroid dienone is 9. The van der Waals surface area contributed by atoms with Crippen molar-refractivity contribution < 1.29 is 15.0 Å². The number of rotatable bonds is 45. The Balaban J connectivity index is 3.55. The van der Waals surface area contributed by atoms with Crippen LogP contribution in [0.3, 0.4) is 0 Å². The van der Waals surface area contributed by atoms with E-state index in [1.54, 1.807) is 6.08 Å². The average molecular weight is 796 g/mol. The molecule has 0 heterocycles. The second-order valence-electron chi connectivity index (χ2n) is 16.9. The van der Waals surface area contributed by atoms with E-state index in [-0.39, 0.29) is 12.5 Å². The largest absolute Gasteiger partial charge is 0.394 e. The van der Waals surface area contributed by atoms with E-state index in [2.05, 4.69) is 67.8 Å². The summed E-state index contributed by atoms with van der Waals surface area (Å²) in [6.45, 7) is 4.21. The first kappa shape index (κ1) is 55.1. The second kappa shape index (κ2) is 48.5. The number of carbonyl (C=O) groups is 1. The Labute approximate surface area is 356 Å². The van der Waals surface area contributed by atoms with Gasteiger partial charge in [-0.2, -0.15) is 0 Å². The number of hydrogen-bond acceptors (Lipinski definition) is 3. The molecule has 0 rings (SSSR count). The minimum Gasteiger partial charge on any atom is -0.394 e. The third kappa shape index (κ3) is 45.0. The van der Waals surface area contributed by atoms with Crippen molar-refractivity contribution in [3.63, 3.8) is 0 Å². The predicted octanol–water partition coefficient (Wildman–Crippen LogP) is 16.1. The van der Waals surface area contributed by atoms with Crippen LogP contribution in [-0.2, 0) is 4.79 Å². The Bertz CT molecular complexity index is 950. The van der Waals surface area contributed by atoms with Gasteiger partial charge in [0.15, 0.2) is 0 Å². The van der Waals surface area contributed by atoms with Crippen LogP contribution in [0, 0.1) is 0 Å². The number of hydrogen-bond donors (Lipinski definition) is 3. The highest BCUT2D eigenvalue weighted by molar-refractivity contribution is 5.76. The Morgan fingerprint density at radius 1 is 0.439 bits per heavy atom. The van der Waals surface area contributed by atoms with Gasteiger partial charge in [0.2, 0.25) is 5.91 Å². The van der Waals surface area contributed by atoms with Crippen LogP contribution in [0.5, 0.6) is 0 Å². The quantitative estimate of drug-likeness (QED) is 0.0425. The van der Waals surface area contributed by atoms with Crippen LogP contribution in [-0.4, -0.2) is 34.9 Å². The van der Waals surface area contributed by atoms with Crippen molar-refractivity contribution in [3.05, 3.63) is 60.8 Å². The molecule has 2 unspecified atom stereocenters. The van der Waals surface area contributed by atoms with E-state index in [1.165, 1.54) is 180 Å². The van der Waals surface area contributed by atoms with Crippen molar-refractivity contribution in [1.82, 2.24) is 5.32 Å². The van der Waals surface area contributed by atoms with Crippen LogP contribution in [0.25, 0.3) is 0 Å². The van der Waals surface area contributed by atoms with Gasteiger partial charge in [-0.25, -0.2) is 0 Å². The van der Waals surface area contributed by atoms with Gasteiger partial charge in [0.05, 0.1) is 18.8 Å². The van der Waals surface area contributed by atoms with E-state index in [1.807, 2.05) is 6.08 Å². The molecule has 4 heteroatoms. The molecule has 1 amide bonds. The maximum absolute atomic E-state index is 12.4. The summed E-state index contributed by atoms with van der Waals surface area (Å²) in [5.74, 6) is -0.0723. The van der Waals surface area contributed by atoms with Crippen molar-refractivity contribution in [3.8, 4) is 0 Å². The second-order valence-corrected chi connectivity index (χ2v) is 16.9. The Morgan fingerprint density at radius 3 is 1.16 bits per heavy atom. The van der Waals surface area contributed by atoms with Crippen LogP contribution < -0.4 is 5.32 Å². The smallest absolute Gasteiger partial charge is 0.220 e. The lowest BCUT2D eigenvalue weighted by atomic mass is 10.0. The molecule has 0 fully saturated rings. The van der Waals surface area contributed by atoms with Gasteiger partial charge in [0.25, 0.3) is 0 Å². The molecule has 0 saturated heterocycles. The molecule has 0 aromatic rings. The summed E-state index contributed by atoms with van der Waals surface area (Å²) in [4.78, 5) is 12.4. The third-order valence-electron chi connectivity index (χ3n) is 11.3. The summed E-state index contributed by atoms with van der Waals surface area (Å²) < 4.78 is 0. The molecule has 3 N–H and O–H groups in total. The molecule has 0 radical (unpaired) electrons. The normalized spacial score (nSPS) is 13.4. The number of unbranched alkanes of at least 4 members (excludes halogenated alkanes) is 30. The summed E-state index contributed by atoms with van der Waals surface area (Å²) in [6.07, 6.45) is 67.8. The molecule has 4 nitrogen and oxygen atoms in total. The molecule has 0 saturated carbocycles. The summed E-state index contributed by atoms with van der Waals surface area (Å²) in [6, 6.07) is -0.630. The van der Waals surface area contributed by atoms with E-state index in [9.17, 15) is 15.0 Å². The average Bonchev–Trinajstić information content (AvgIpc) is 3.22. The molecular formula is C53H97NO3. The van der Waals surface area contributed by atoms with E-state index in [0.717, 1.165) is 51.4 Å². The first-order valence-electron chi connectivity index (χ1n) is 25.0. The molecule has 0 aliphatic rings. The molecule has 0 aliphatic heterocycles. The number of aliphatic hydroxyl groups excluding tert-OH is 2. The van der Waals surface area contributed by atoms with Gasteiger partial charge in [-0.3, -0.25) is 4.79 Å². The van der Waals surface area contributed by atoms with Crippen molar-refractivity contribution in [2.24, 2.45) is 0 Å². The van der Waals surface area contributed by atoms with Crippen molar-refractivity contribution in [1.29, 1.82) is 0 Å². The first-order valence-corrected chi connectivity index (χ1v) is 25.0. The fourth-order valence-electron chi connectivity index (χ4n) is 7.46. The maximum Gasteiger partial charge on any atom is 0.220 e. The Kier molecular flexibility index (Phi) is 46.8. The number of nitrogens with one attached hydrogen (secondary N) is 1. The van der Waals surface area contributed by atoms with Gasteiger partial charge in [0.1, 0.15) is 0 Å². The van der Waals surface area contributed by atoms with Crippen LogP contribution in [0.1, 0.15) is 251 Å². The Hall–Kier alpha value is -1.91. The summed E-state index contributed by atoms with van der Waals surface area (Å²) in [5, 5.41) is 23.1.